The molecule has 0 unspecified atom stereocenters. The summed E-state index contributed by atoms with van der Waals surface area (Å²) < 4.78 is 6.92. The standard InChI is InChI=1S/C19H18N4O3/c24-17(20-10-15-7-4-8-26-15)9-14-12-23-18(22-19(14)25)16(11-21-23)13-5-2-1-3-6-13/h1-8,11,14H,9-10,12H2,(H,20,24)(H,22,25)/t14-/m1/s1. The van der Waals surface area contributed by atoms with Crippen molar-refractivity contribution in [3.63, 3.8) is 0 Å². The molecule has 132 valence electrons. The Bertz CT molecular complexity index is 916. The third kappa shape index (κ3) is 3.23. The van der Waals surface area contributed by atoms with Crippen LogP contribution in [0.15, 0.2) is 59.3 Å². The largest absolute Gasteiger partial charge is 0.467 e. The molecule has 0 fully saturated rings. The summed E-state index contributed by atoms with van der Waals surface area (Å²) in [5, 5.41) is 10.0. The van der Waals surface area contributed by atoms with Gasteiger partial charge in [0.1, 0.15) is 11.6 Å². The Kier molecular flexibility index (Phi) is 4.27. The quantitative estimate of drug-likeness (QED) is 0.739. The van der Waals surface area contributed by atoms with E-state index in [1.165, 1.54) is 0 Å². The molecule has 0 radical (unpaired) electrons. The van der Waals surface area contributed by atoms with Crippen LogP contribution in [-0.2, 0) is 22.7 Å². The Morgan fingerprint density at radius 3 is 2.88 bits per heavy atom. The number of amides is 2. The number of nitrogens with one attached hydrogen (secondary N) is 2. The molecule has 2 amide bonds. The van der Waals surface area contributed by atoms with E-state index in [4.69, 9.17) is 4.42 Å². The Morgan fingerprint density at radius 1 is 1.27 bits per heavy atom. The third-order valence-electron chi connectivity index (χ3n) is 4.40. The first-order chi connectivity index (χ1) is 12.7. The molecule has 3 heterocycles. The van der Waals surface area contributed by atoms with Crippen LogP contribution in [0, 0.1) is 5.92 Å². The average molecular weight is 350 g/mol. The van der Waals surface area contributed by atoms with Crippen molar-refractivity contribution in [1.29, 1.82) is 0 Å². The van der Waals surface area contributed by atoms with Gasteiger partial charge < -0.3 is 15.1 Å². The SMILES string of the molecule is O=C(C[C@@H]1Cn2ncc(-c3ccccc3)c2NC1=O)NCc1ccco1. The van der Waals surface area contributed by atoms with Gasteiger partial charge in [-0.3, -0.25) is 9.59 Å². The first-order valence-electron chi connectivity index (χ1n) is 8.42. The number of hydrogen-bond donors (Lipinski definition) is 2. The van der Waals surface area contributed by atoms with Crippen molar-refractivity contribution in [1.82, 2.24) is 15.1 Å². The van der Waals surface area contributed by atoms with E-state index in [1.54, 1.807) is 29.3 Å². The van der Waals surface area contributed by atoms with Crippen LogP contribution >= 0.6 is 0 Å². The normalized spacial score (nSPS) is 16.0. The Hall–Kier alpha value is -3.35. The maximum atomic E-state index is 12.5. The number of nitrogens with zero attached hydrogens (tertiary/aromatic N) is 2. The fraction of sp³-hybridized carbons (Fsp3) is 0.211. The lowest BCUT2D eigenvalue weighted by Gasteiger charge is -2.23. The van der Waals surface area contributed by atoms with Crippen LogP contribution in [-0.4, -0.2) is 21.6 Å². The minimum atomic E-state index is -0.456. The lowest BCUT2D eigenvalue weighted by molar-refractivity contribution is -0.128. The van der Waals surface area contributed by atoms with Gasteiger partial charge in [0.2, 0.25) is 11.8 Å². The summed E-state index contributed by atoms with van der Waals surface area (Å²) in [5.74, 6) is 0.535. The fourth-order valence-corrected chi connectivity index (χ4v) is 3.05. The van der Waals surface area contributed by atoms with Gasteiger partial charge in [-0.25, -0.2) is 4.68 Å². The Labute approximate surface area is 150 Å². The zero-order valence-electron chi connectivity index (χ0n) is 14.0. The molecule has 0 bridgehead atoms. The number of carbonyl (C=O) groups is 2. The van der Waals surface area contributed by atoms with Gasteiger partial charge in [0, 0.05) is 12.0 Å². The van der Waals surface area contributed by atoms with Crippen molar-refractivity contribution in [3.8, 4) is 11.1 Å². The van der Waals surface area contributed by atoms with Crippen molar-refractivity contribution < 1.29 is 14.0 Å². The van der Waals surface area contributed by atoms with Crippen LogP contribution in [0.1, 0.15) is 12.2 Å². The predicted molar refractivity (Wildman–Crippen MR) is 95.0 cm³/mol. The van der Waals surface area contributed by atoms with Gasteiger partial charge >= 0.3 is 0 Å². The number of carbonyl (C=O) groups excluding carboxylic acids is 2. The molecule has 0 saturated heterocycles. The van der Waals surface area contributed by atoms with E-state index in [9.17, 15) is 9.59 Å². The van der Waals surface area contributed by atoms with Crippen LogP contribution in [0.3, 0.4) is 0 Å². The van der Waals surface area contributed by atoms with E-state index in [0.717, 1.165) is 11.1 Å². The second-order valence-electron chi connectivity index (χ2n) is 6.20. The van der Waals surface area contributed by atoms with Gasteiger partial charge in [-0.2, -0.15) is 5.10 Å². The predicted octanol–water partition coefficient (Wildman–Crippen LogP) is 2.42. The van der Waals surface area contributed by atoms with Gasteiger partial charge in [-0.15, -0.1) is 0 Å². The highest BCUT2D eigenvalue weighted by Crippen LogP contribution is 2.31. The number of benzene rings is 1. The zero-order valence-corrected chi connectivity index (χ0v) is 14.0. The molecule has 0 aliphatic carbocycles. The van der Waals surface area contributed by atoms with E-state index >= 15 is 0 Å². The molecule has 3 aromatic rings. The number of anilines is 1. The smallest absolute Gasteiger partial charge is 0.231 e. The summed E-state index contributed by atoms with van der Waals surface area (Å²) in [7, 11) is 0. The van der Waals surface area contributed by atoms with Gasteiger partial charge in [-0.05, 0) is 17.7 Å². The van der Waals surface area contributed by atoms with E-state index < -0.39 is 5.92 Å². The lowest BCUT2D eigenvalue weighted by atomic mass is 10.0. The first-order valence-corrected chi connectivity index (χ1v) is 8.42. The highest BCUT2D eigenvalue weighted by molar-refractivity contribution is 5.98. The Balaban J connectivity index is 1.43. The van der Waals surface area contributed by atoms with E-state index in [0.29, 0.717) is 24.7 Å². The summed E-state index contributed by atoms with van der Waals surface area (Å²) in [5.41, 5.74) is 1.86. The zero-order chi connectivity index (χ0) is 17.9. The molecule has 1 atom stereocenters. The molecule has 1 aliphatic rings. The number of furan rings is 1. The summed E-state index contributed by atoms with van der Waals surface area (Å²) in [6, 6.07) is 13.3. The fourth-order valence-electron chi connectivity index (χ4n) is 3.05. The number of hydrogen-bond acceptors (Lipinski definition) is 4. The number of fused-ring (bicyclic) bond motifs is 1. The van der Waals surface area contributed by atoms with Crippen LogP contribution < -0.4 is 10.6 Å². The van der Waals surface area contributed by atoms with Crippen LogP contribution in [0.5, 0.6) is 0 Å². The molecule has 0 saturated carbocycles. The van der Waals surface area contributed by atoms with E-state index in [2.05, 4.69) is 15.7 Å². The van der Waals surface area contributed by atoms with Gasteiger partial charge in [0.05, 0.1) is 31.5 Å². The van der Waals surface area contributed by atoms with Gasteiger partial charge in [0.15, 0.2) is 0 Å². The van der Waals surface area contributed by atoms with Crippen molar-refractivity contribution >= 4 is 17.6 Å². The third-order valence-corrected chi connectivity index (χ3v) is 4.40. The molecule has 1 aromatic carbocycles. The maximum Gasteiger partial charge on any atom is 0.231 e. The topological polar surface area (TPSA) is 89.2 Å². The highest BCUT2D eigenvalue weighted by atomic mass is 16.3. The monoisotopic (exact) mass is 350 g/mol. The molecule has 7 nitrogen and oxygen atoms in total. The lowest BCUT2D eigenvalue weighted by Crippen LogP contribution is -2.37. The molecule has 2 aromatic heterocycles. The highest BCUT2D eigenvalue weighted by Gasteiger charge is 2.30. The minimum absolute atomic E-state index is 0.104. The first kappa shape index (κ1) is 16.1. The molecular formula is C19H18N4O3. The molecule has 4 rings (SSSR count). The van der Waals surface area contributed by atoms with Crippen molar-refractivity contribution in [2.45, 2.75) is 19.5 Å². The van der Waals surface area contributed by atoms with Crippen LogP contribution in [0.4, 0.5) is 5.82 Å². The second kappa shape index (κ2) is 6.87. The van der Waals surface area contributed by atoms with Crippen molar-refractivity contribution in [2.24, 2.45) is 5.92 Å². The van der Waals surface area contributed by atoms with E-state index in [1.807, 2.05) is 30.3 Å². The number of aromatic nitrogens is 2. The van der Waals surface area contributed by atoms with Crippen LogP contribution in [0.25, 0.3) is 11.1 Å². The van der Waals surface area contributed by atoms with Crippen molar-refractivity contribution in [3.05, 3.63) is 60.7 Å². The Morgan fingerprint density at radius 2 is 2.12 bits per heavy atom. The number of rotatable bonds is 5. The average Bonchev–Trinajstić information content (AvgIpc) is 3.31. The molecular weight excluding hydrogens is 332 g/mol. The van der Waals surface area contributed by atoms with Crippen LogP contribution in [0.2, 0.25) is 0 Å². The molecule has 0 spiro atoms. The summed E-state index contributed by atoms with van der Waals surface area (Å²) >= 11 is 0. The van der Waals surface area contributed by atoms with Gasteiger partial charge in [0.25, 0.3) is 0 Å². The molecule has 7 heteroatoms. The summed E-state index contributed by atoms with van der Waals surface area (Å²) in [6.45, 7) is 0.688. The molecule has 1 aliphatic heterocycles. The summed E-state index contributed by atoms with van der Waals surface area (Å²) in [4.78, 5) is 24.6. The van der Waals surface area contributed by atoms with E-state index in [-0.39, 0.29) is 18.2 Å². The van der Waals surface area contributed by atoms with Crippen molar-refractivity contribution in [2.75, 3.05) is 5.32 Å². The minimum Gasteiger partial charge on any atom is -0.467 e. The molecule has 2 N–H and O–H groups in total. The maximum absolute atomic E-state index is 12.5. The second-order valence-corrected chi connectivity index (χ2v) is 6.20. The summed E-state index contributed by atoms with van der Waals surface area (Å²) in [6.07, 6.45) is 3.40. The molecule has 26 heavy (non-hydrogen) atoms. The van der Waals surface area contributed by atoms with Gasteiger partial charge in [-0.1, -0.05) is 30.3 Å².